The van der Waals surface area contributed by atoms with Crippen LogP contribution in [0.4, 0.5) is 0 Å². The summed E-state index contributed by atoms with van der Waals surface area (Å²) >= 11 is 0. The van der Waals surface area contributed by atoms with Crippen molar-refractivity contribution < 1.29 is 9.59 Å². The molecule has 1 aromatic heterocycles. The van der Waals surface area contributed by atoms with E-state index in [2.05, 4.69) is 5.10 Å². The topological polar surface area (TPSA) is 55.2 Å². The number of benzene rings is 1. The van der Waals surface area contributed by atoms with E-state index in [9.17, 15) is 9.59 Å². The average Bonchev–Trinajstić information content (AvgIpc) is 3.26. The van der Waals surface area contributed by atoms with Gasteiger partial charge in [0.2, 0.25) is 5.91 Å². The number of carbonyl (C=O) groups is 2. The number of amides is 1. The van der Waals surface area contributed by atoms with E-state index in [1.165, 1.54) is 0 Å². The second kappa shape index (κ2) is 6.77. The van der Waals surface area contributed by atoms with E-state index in [1.807, 2.05) is 48.2 Å². The normalized spacial score (nSPS) is 18.8. The number of ketones is 1. The maximum absolute atomic E-state index is 12.7. The van der Waals surface area contributed by atoms with E-state index in [4.69, 9.17) is 0 Å². The van der Waals surface area contributed by atoms with Crippen LogP contribution in [0.25, 0.3) is 0 Å². The zero-order valence-corrected chi connectivity index (χ0v) is 13.3. The van der Waals surface area contributed by atoms with Crippen molar-refractivity contribution in [3.63, 3.8) is 0 Å². The molecule has 5 heteroatoms. The van der Waals surface area contributed by atoms with Gasteiger partial charge in [0.1, 0.15) is 6.04 Å². The Labute approximate surface area is 135 Å². The fourth-order valence-electron chi connectivity index (χ4n) is 3.16. The summed E-state index contributed by atoms with van der Waals surface area (Å²) in [6, 6.07) is 10.8. The van der Waals surface area contributed by atoms with Crippen LogP contribution in [-0.4, -0.2) is 39.0 Å². The highest BCUT2D eigenvalue weighted by Gasteiger charge is 2.33. The molecule has 0 aliphatic carbocycles. The summed E-state index contributed by atoms with van der Waals surface area (Å²) < 4.78 is 1.66. The summed E-state index contributed by atoms with van der Waals surface area (Å²) in [7, 11) is 0. The molecule has 1 saturated heterocycles. The number of aromatic nitrogens is 2. The van der Waals surface area contributed by atoms with Gasteiger partial charge in [-0.25, -0.2) is 0 Å². The van der Waals surface area contributed by atoms with Gasteiger partial charge < -0.3 is 4.90 Å². The third-order valence-corrected chi connectivity index (χ3v) is 4.46. The summed E-state index contributed by atoms with van der Waals surface area (Å²) in [5.41, 5.74) is 0.715. The Morgan fingerprint density at radius 1 is 1.26 bits per heavy atom. The third kappa shape index (κ3) is 3.33. The highest BCUT2D eigenvalue weighted by molar-refractivity contribution is 5.96. The minimum Gasteiger partial charge on any atom is -0.337 e. The molecule has 1 fully saturated rings. The molecular formula is C18H21N3O2. The summed E-state index contributed by atoms with van der Waals surface area (Å²) in [4.78, 5) is 27.0. The van der Waals surface area contributed by atoms with Gasteiger partial charge in [-0.2, -0.15) is 5.10 Å². The summed E-state index contributed by atoms with van der Waals surface area (Å²) in [5, 5.41) is 4.14. The van der Waals surface area contributed by atoms with E-state index >= 15 is 0 Å². The number of likely N-dealkylation sites (tertiary alicyclic amines) is 1. The van der Waals surface area contributed by atoms with E-state index in [0.29, 0.717) is 12.0 Å². The molecule has 23 heavy (non-hydrogen) atoms. The van der Waals surface area contributed by atoms with E-state index in [-0.39, 0.29) is 23.8 Å². The summed E-state index contributed by atoms with van der Waals surface area (Å²) in [6.45, 7) is 2.57. The first-order valence-electron chi connectivity index (χ1n) is 8.04. The van der Waals surface area contributed by atoms with Crippen molar-refractivity contribution in [1.82, 2.24) is 14.7 Å². The van der Waals surface area contributed by atoms with Crippen LogP contribution in [0.2, 0.25) is 0 Å². The van der Waals surface area contributed by atoms with Crippen LogP contribution in [0.3, 0.4) is 0 Å². The lowest BCUT2D eigenvalue weighted by Gasteiger charge is -2.27. The fraction of sp³-hybridized carbons (Fsp3) is 0.389. The van der Waals surface area contributed by atoms with Crippen LogP contribution in [-0.2, 0) is 4.79 Å². The number of rotatable bonds is 5. The zero-order chi connectivity index (χ0) is 16.2. The van der Waals surface area contributed by atoms with Gasteiger partial charge in [-0.15, -0.1) is 0 Å². The Bertz CT molecular complexity index is 667. The molecule has 0 unspecified atom stereocenters. The van der Waals surface area contributed by atoms with Crippen molar-refractivity contribution in [3.8, 4) is 0 Å². The van der Waals surface area contributed by atoms with Gasteiger partial charge in [0.05, 0.1) is 0 Å². The Hall–Kier alpha value is -2.43. The molecule has 0 spiro atoms. The molecule has 5 nitrogen and oxygen atoms in total. The third-order valence-electron chi connectivity index (χ3n) is 4.46. The molecule has 0 saturated carbocycles. The quantitative estimate of drug-likeness (QED) is 0.798. The van der Waals surface area contributed by atoms with Crippen LogP contribution in [0.15, 0.2) is 48.8 Å². The van der Waals surface area contributed by atoms with Crippen molar-refractivity contribution in [3.05, 3.63) is 54.4 Å². The first-order valence-corrected chi connectivity index (χ1v) is 8.04. The molecule has 1 amide bonds. The lowest BCUT2D eigenvalue weighted by molar-refractivity contribution is -0.135. The molecule has 2 atom stereocenters. The summed E-state index contributed by atoms with van der Waals surface area (Å²) in [5.74, 6) is 0.138. The van der Waals surface area contributed by atoms with E-state index in [1.54, 1.807) is 17.1 Å². The van der Waals surface area contributed by atoms with Gasteiger partial charge in [-0.3, -0.25) is 14.3 Å². The smallest absolute Gasteiger partial charge is 0.247 e. The Morgan fingerprint density at radius 2 is 2.04 bits per heavy atom. The predicted octanol–water partition coefficient (Wildman–Crippen LogP) is 2.71. The first-order chi connectivity index (χ1) is 11.2. The number of carbonyl (C=O) groups excluding carboxylic acids is 2. The molecule has 1 aliphatic rings. The van der Waals surface area contributed by atoms with E-state index in [0.717, 1.165) is 19.4 Å². The van der Waals surface area contributed by atoms with Crippen molar-refractivity contribution >= 4 is 11.7 Å². The number of hydrogen-bond acceptors (Lipinski definition) is 3. The molecule has 120 valence electrons. The average molecular weight is 311 g/mol. The number of Topliss-reactive ketones (excluding diaryl/α,β-unsaturated/α-hetero) is 1. The highest BCUT2D eigenvalue weighted by atomic mass is 16.2. The molecule has 2 heterocycles. The number of hydrogen-bond donors (Lipinski definition) is 0. The molecule has 1 aromatic carbocycles. The fourth-order valence-corrected chi connectivity index (χ4v) is 3.16. The van der Waals surface area contributed by atoms with Crippen LogP contribution >= 0.6 is 0 Å². The second-order valence-electron chi connectivity index (χ2n) is 5.98. The Morgan fingerprint density at radius 3 is 2.74 bits per heavy atom. The predicted molar refractivity (Wildman–Crippen MR) is 87.1 cm³/mol. The van der Waals surface area contributed by atoms with Crippen LogP contribution in [0.5, 0.6) is 0 Å². The van der Waals surface area contributed by atoms with Gasteiger partial charge in [-0.1, -0.05) is 30.3 Å². The lowest BCUT2D eigenvalue weighted by atomic mass is 10.0. The van der Waals surface area contributed by atoms with Gasteiger partial charge in [0, 0.05) is 37.0 Å². The van der Waals surface area contributed by atoms with Crippen molar-refractivity contribution in [2.45, 2.75) is 38.3 Å². The van der Waals surface area contributed by atoms with Gasteiger partial charge in [0.25, 0.3) is 0 Å². The molecular weight excluding hydrogens is 290 g/mol. The second-order valence-corrected chi connectivity index (χ2v) is 5.98. The SMILES string of the molecule is C[C@@H](C(=O)N1CCC[C@@H]1CC(=O)c1ccccc1)n1cccn1. The first kappa shape index (κ1) is 15.5. The maximum Gasteiger partial charge on any atom is 0.247 e. The highest BCUT2D eigenvalue weighted by Crippen LogP contribution is 2.25. The van der Waals surface area contributed by atoms with Gasteiger partial charge >= 0.3 is 0 Å². The van der Waals surface area contributed by atoms with Crippen molar-refractivity contribution in [2.24, 2.45) is 0 Å². The molecule has 2 aromatic rings. The summed E-state index contributed by atoms with van der Waals surface area (Å²) in [6.07, 6.45) is 5.69. The van der Waals surface area contributed by atoms with Gasteiger partial charge in [-0.05, 0) is 25.8 Å². The monoisotopic (exact) mass is 311 g/mol. The maximum atomic E-state index is 12.7. The standard InChI is InChI=1S/C18H21N3O2/c1-14(21-12-6-10-19-21)18(23)20-11-5-9-16(20)13-17(22)15-7-3-2-4-8-15/h2-4,6-8,10,12,14,16H,5,9,11,13H2,1H3/t14-,16+/m0/s1. The molecule has 3 rings (SSSR count). The van der Waals surface area contributed by atoms with E-state index < -0.39 is 0 Å². The molecule has 0 bridgehead atoms. The molecule has 1 aliphatic heterocycles. The molecule has 0 N–H and O–H groups in total. The van der Waals surface area contributed by atoms with Crippen LogP contribution in [0, 0.1) is 0 Å². The lowest BCUT2D eigenvalue weighted by Crippen LogP contribution is -2.40. The number of nitrogens with zero attached hydrogens (tertiary/aromatic N) is 3. The zero-order valence-electron chi connectivity index (χ0n) is 13.3. The van der Waals surface area contributed by atoms with Crippen molar-refractivity contribution in [2.75, 3.05) is 6.54 Å². The van der Waals surface area contributed by atoms with Crippen molar-refractivity contribution in [1.29, 1.82) is 0 Å². The Kier molecular flexibility index (Phi) is 4.55. The van der Waals surface area contributed by atoms with Crippen LogP contribution in [0.1, 0.15) is 42.6 Å². The minimum absolute atomic E-state index is 0.00628. The van der Waals surface area contributed by atoms with Crippen LogP contribution < -0.4 is 0 Å². The molecule has 0 radical (unpaired) electrons. The minimum atomic E-state index is -0.336. The van der Waals surface area contributed by atoms with Gasteiger partial charge in [0.15, 0.2) is 5.78 Å². The Balaban J connectivity index is 1.68. The largest absolute Gasteiger partial charge is 0.337 e.